The summed E-state index contributed by atoms with van der Waals surface area (Å²) in [5.41, 5.74) is 6.00. The number of hydrogen-bond acceptors (Lipinski definition) is 6. The maximum atomic E-state index is 12.7. The molecule has 8 nitrogen and oxygen atoms in total. The Bertz CT molecular complexity index is 723. The number of nitro groups is 1. The number of piperidine rings is 1. The van der Waals surface area contributed by atoms with Gasteiger partial charge in [-0.25, -0.2) is 0 Å². The molecule has 0 spiro atoms. The van der Waals surface area contributed by atoms with Crippen LogP contribution in [-0.2, 0) is 0 Å². The van der Waals surface area contributed by atoms with E-state index in [2.05, 4.69) is 4.90 Å². The molecule has 0 unspecified atom stereocenters. The van der Waals surface area contributed by atoms with E-state index in [0.29, 0.717) is 18.4 Å². The summed E-state index contributed by atoms with van der Waals surface area (Å²) in [5.74, 6) is -0.843. The third kappa shape index (κ3) is 2.26. The van der Waals surface area contributed by atoms with Crippen molar-refractivity contribution in [1.29, 1.82) is 0 Å². The quantitative estimate of drug-likeness (QED) is 0.379. The van der Waals surface area contributed by atoms with E-state index >= 15 is 0 Å². The van der Waals surface area contributed by atoms with Crippen molar-refractivity contribution in [2.45, 2.75) is 25.8 Å². The number of nitrogens with zero attached hydrogens (tertiary/aromatic N) is 3. The van der Waals surface area contributed by atoms with Gasteiger partial charge in [0.2, 0.25) is 0 Å². The van der Waals surface area contributed by atoms with E-state index < -0.39 is 16.7 Å². The molecule has 3 rings (SSSR count). The smallest absolute Gasteiger partial charge is 0.293 e. The zero-order valence-corrected chi connectivity index (χ0v) is 13.0. The fourth-order valence-corrected chi connectivity index (χ4v) is 3.34. The van der Waals surface area contributed by atoms with Gasteiger partial charge in [0.15, 0.2) is 0 Å². The normalized spacial score (nSPS) is 19.3. The minimum absolute atomic E-state index is 0.0554. The molecular weight excluding hydrogens is 300 g/mol. The maximum Gasteiger partial charge on any atom is 0.293 e. The number of nitrogens with two attached hydrogens (primary N) is 1. The molecule has 0 bridgehead atoms. The molecule has 2 N–H and O–H groups in total. The summed E-state index contributed by atoms with van der Waals surface area (Å²) >= 11 is 0. The molecule has 2 aliphatic heterocycles. The van der Waals surface area contributed by atoms with Gasteiger partial charge in [-0.3, -0.25) is 24.6 Å². The van der Waals surface area contributed by atoms with Gasteiger partial charge in [0.05, 0.1) is 16.1 Å². The van der Waals surface area contributed by atoms with Crippen molar-refractivity contribution in [2.24, 2.45) is 0 Å². The van der Waals surface area contributed by atoms with Crippen molar-refractivity contribution >= 4 is 23.2 Å². The predicted molar refractivity (Wildman–Crippen MR) is 83.3 cm³/mol. The Labute approximate surface area is 133 Å². The predicted octanol–water partition coefficient (Wildman–Crippen LogP) is 1.18. The largest absolute Gasteiger partial charge is 0.393 e. The number of rotatable bonds is 2. The van der Waals surface area contributed by atoms with Crippen LogP contribution in [0.15, 0.2) is 6.07 Å². The van der Waals surface area contributed by atoms with Crippen LogP contribution in [0.2, 0.25) is 0 Å². The number of fused-ring (bicyclic) bond motifs is 1. The van der Waals surface area contributed by atoms with Gasteiger partial charge in [-0.05, 0) is 45.5 Å². The molecule has 2 amide bonds. The summed E-state index contributed by atoms with van der Waals surface area (Å²) in [6.45, 7) is 3.16. The van der Waals surface area contributed by atoms with E-state index in [0.717, 1.165) is 19.2 Å². The zero-order chi connectivity index (χ0) is 16.9. The van der Waals surface area contributed by atoms with E-state index in [1.165, 1.54) is 4.90 Å². The fourth-order valence-electron chi connectivity index (χ4n) is 3.34. The fraction of sp³-hybridized carbons (Fsp3) is 0.467. The first kappa shape index (κ1) is 15.4. The molecule has 2 heterocycles. The Kier molecular flexibility index (Phi) is 3.56. The summed E-state index contributed by atoms with van der Waals surface area (Å²) in [4.78, 5) is 39.2. The third-order valence-electron chi connectivity index (χ3n) is 4.74. The topological polar surface area (TPSA) is 110 Å². The Morgan fingerprint density at radius 3 is 2.43 bits per heavy atom. The van der Waals surface area contributed by atoms with Crippen molar-refractivity contribution in [3.05, 3.63) is 32.9 Å². The highest BCUT2D eigenvalue weighted by atomic mass is 16.6. The molecule has 1 saturated heterocycles. The van der Waals surface area contributed by atoms with Crippen molar-refractivity contribution in [2.75, 3.05) is 25.9 Å². The third-order valence-corrected chi connectivity index (χ3v) is 4.74. The van der Waals surface area contributed by atoms with Gasteiger partial charge in [0.25, 0.3) is 17.5 Å². The monoisotopic (exact) mass is 318 g/mol. The highest BCUT2D eigenvalue weighted by Gasteiger charge is 2.43. The zero-order valence-electron chi connectivity index (χ0n) is 13.0. The van der Waals surface area contributed by atoms with Gasteiger partial charge in [-0.1, -0.05) is 0 Å². The first-order chi connectivity index (χ1) is 10.8. The summed E-state index contributed by atoms with van der Waals surface area (Å²) < 4.78 is 0. The highest BCUT2D eigenvalue weighted by Crippen LogP contribution is 2.37. The number of hydrogen-bond donors (Lipinski definition) is 1. The van der Waals surface area contributed by atoms with Gasteiger partial charge in [0.1, 0.15) is 5.69 Å². The highest BCUT2D eigenvalue weighted by molar-refractivity contribution is 6.23. The van der Waals surface area contributed by atoms with Crippen LogP contribution >= 0.6 is 0 Å². The maximum absolute atomic E-state index is 12.7. The molecule has 23 heavy (non-hydrogen) atoms. The number of carbonyl (C=O) groups excluding carboxylic acids is 2. The number of imide groups is 1. The van der Waals surface area contributed by atoms with Crippen LogP contribution in [0.3, 0.4) is 0 Å². The second-order valence-electron chi connectivity index (χ2n) is 6.13. The number of carbonyl (C=O) groups is 2. The molecule has 1 fully saturated rings. The van der Waals surface area contributed by atoms with E-state index in [9.17, 15) is 19.7 Å². The van der Waals surface area contributed by atoms with Crippen LogP contribution < -0.4 is 5.73 Å². The Hall–Kier alpha value is -2.48. The number of anilines is 1. The average molecular weight is 318 g/mol. The standard InChI is InChI=1S/C15H18N4O4/c1-8-12-10(7-11(13(8)16)19(22)23)14(20)18(15(12)21)9-3-5-17(2)6-4-9/h7,9H,3-6,16H2,1-2H3. The van der Waals surface area contributed by atoms with Crippen LogP contribution in [0.1, 0.15) is 39.1 Å². The second-order valence-corrected chi connectivity index (χ2v) is 6.13. The van der Waals surface area contributed by atoms with Crippen molar-refractivity contribution in [3.8, 4) is 0 Å². The van der Waals surface area contributed by atoms with Crippen LogP contribution in [-0.4, -0.2) is 52.7 Å². The minimum atomic E-state index is -0.626. The van der Waals surface area contributed by atoms with E-state index in [-0.39, 0.29) is 28.5 Å². The van der Waals surface area contributed by atoms with Crippen LogP contribution in [0.5, 0.6) is 0 Å². The lowest BCUT2D eigenvalue weighted by molar-refractivity contribution is -0.384. The molecule has 0 aromatic heterocycles. The number of nitro benzene ring substituents is 1. The van der Waals surface area contributed by atoms with Crippen molar-refractivity contribution in [3.63, 3.8) is 0 Å². The molecule has 0 radical (unpaired) electrons. The number of likely N-dealkylation sites (tertiary alicyclic amines) is 1. The molecule has 8 heteroatoms. The van der Waals surface area contributed by atoms with Crippen molar-refractivity contribution in [1.82, 2.24) is 9.80 Å². The van der Waals surface area contributed by atoms with Crippen molar-refractivity contribution < 1.29 is 14.5 Å². The van der Waals surface area contributed by atoms with Crippen LogP contribution in [0.25, 0.3) is 0 Å². The summed E-state index contributed by atoms with van der Waals surface area (Å²) in [6.07, 6.45) is 1.41. The van der Waals surface area contributed by atoms with E-state index in [1.807, 2.05) is 7.05 Å². The van der Waals surface area contributed by atoms with Gasteiger partial charge in [0, 0.05) is 12.1 Å². The lowest BCUT2D eigenvalue weighted by Crippen LogP contribution is -2.46. The summed E-state index contributed by atoms with van der Waals surface area (Å²) in [5, 5.41) is 11.1. The van der Waals surface area contributed by atoms with E-state index in [1.54, 1.807) is 6.92 Å². The lowest BCUT2D eigenvalue weighted by atomic mass is 10.0. The molecule has 0 atom stereocenters. The SMILES string of the molecule is Cc1c(N)c([N+](=O)[O-])cc2c1C(=O)N(C1CCN(C)CC1)C2=O. The number of benzene rings is 1. The lowest BCUT2D eigenvalue weighted by Gasteiger charge is -2.33. The van der Waals surface area contributed by atoms with Gasteiger partial charge >= 0.3 is 0 Å². The first-order valence-corrected chi connectivity index (χ1v) is 7.46. The van der Waals surface area contributed by atoms with E-state index in [4.69, 9.17) is 5.73 Å². The van der Waals surface area contributed by atoms with Gasteiger partial charge < -0.3 is 10.6 Å². The molecule has 122 valence electrons. The molecule has 0 saturated carbocycles. The number of nitrogen functional groups attached to an aromatic ring is 1. The molecule has 1 aromatic rings. The minimum Gasteiger partial charge on any atom is -0.393 e. The first-order valence-electron chi connectivity index (χ1n) is 7.46. The Balaban J connectivity index is 2.03. The molecule has 1 aromatic carbocycles. The molecule has 2 aliphatic rings. The average Bonchev–Trinajstić information content (AvgIpc) is 2.75. The Morgan fingerprint density at radius 2 is 1.87 bits per heavy atom. The molecule has 0 aliphatic carbocycles. The van der Waals surface area contributed by atoms with Gasteiger partial charge in [-0.2, -0.15) is 0 Å². The molecular formula is C15H18N4O4. The summed E-state index contributed by atoms with van der Waals surface area (Å²) in [7, 11) is 1.99. The van der Waals surface area contributed by atoms with Crippen LogP contribution in [0.4, 0.5) is 11.4 Å². The Morgan fingerprint density at radius 1 is 1.26 bits per heavy atom. The summed E-state index contributed by atoms with van der Waals surface area (Å²) in [6, 6.07) is 0.964. The number of amides is 2. The second kappa shape index (κ2) is 5.31. The van der Waals surface area contributed by atoms with Crippen LogP contribution in [0, 0.1) is 17.0 Å². The van der Waals surface area contributed by atoms with Gasteiger partial charge in [-0.15, -0.1) is 0 Å².